The SMILES string of the molecule is CCC(C)(CC)c1cnc(I)nc1C(C)(CC)CC.CCC(C)(CC)c1cnc(N)nc1C(C)(CC)CC.I.I. The van der Waals surface area contributed by atoms with Crippen LogP contribution in [0.15, 0.2) is 12.4 Å². The largest absolute Gasteiger partial charge is 0.368 e. The number of rotatable bonds is 12. The maximum Gasteiger partial charge on any atom is 0.220 e. The van der Waals surface area contributed by atoms with Gasteiger partial charge in [0.2, 0.25) is 5.95 Å². The fourth-order valence-corrected chi connectivity index (χ4v) is 5.37. The van der Waals surface area contributed by atoms with Crippen LogP contribution in [0.1, 0.15) is 157 Å². The minimum absolute atomic E-state index is 0. The normalized spacial score (nSPS) is 12.1. The first kappa shape index (κ1) is 42.3. The fourth-order valence-electron chi connectivity index (χ4n) is 4.99. The molecule has 5 nitrogen and oxygen atoms in total. The smallest absolute Gasteiger partial charge is 0.220 e. The van der Waals surface area contributed by atoms with Crippen molar-refractivity contribution >= 4 is 76.5 Å². The summed E-state index contributed by atoms with van der Waals surface area (Å²) in [6.45, 7) is 27.2. The summed E-state index contributed by atoms with van der Waals surface area (Å²) in [5.74, 6) is 0.390. The molecule has 2 aromatic rings. The Kier molecular flexibility index (Phi) is 19.1. The van der Waals surface area contributed by atoms with Gasteiger partial charge in [0.05, 0.1) is 11.4 Å². The Bertz CT molecular complexity index is 930. The average molecular weight is 894 g/mol. The van der Waals surface area contributed by atoms with Crippen molar-refractivity contribution in [2.24, 2.45) is 0 Å². The Hall–Kier alpha value is 0.150. The molecule has 0 spiro atoms. The summed E-state index contributed by atoms with van der Waals surface area (Å²) in [5.41, 5.74) is 11.4. The van der Waals surface area contributed by atoms with Gasteiger partial charge in [0.1, 0.15) is 0 Å². The van der Waals surface area contributed by atoms with Crippen LogP contribution >= 0.6 is 70.5 Å². The number of aromatic nitrogens is 4. The number of hydrogen-bond donors (Lipinski definition) is 1. The van der Waals surface area contributed by atoms with E-state index in [2.05, 4.69) is 127 Å². The highest BCUT2D eigenvalue weighted by molar-refractivity contribution is 14.1. The van der Waals surface area contributed by atoms with Crippen LogP contribution in [0.5, 0.6) is 0 Å². The van der Waals surface area contributed by atoms with Crippen molar-refractivity contribution in [2.45, 2.75) is 156 Å². The van der Waals surface area contributed by atoms with E-state index in [1.165, 1.54) is 16.8 Å². The molecule has 2 rings (SSSR count). The molecule has 0 amide bonds. The minimum atomic E-state index is 0. The third-order valence-electron chi connectivity index (χ3n) is 10.3. The standard InChI is InChI=1S/C16H27IN2.C16H29N3.2HI/c2*1-7-15(5,8-2)12-11-18-14(17)19-13(12)16(6,9-3)10-4;;/h11H,7-10H2,1-6H3;11H,7-10H2,1-6H3,(H2,17,18,19);2*1H. The van der Waals surface area contributed by atoms with Crippen molar-refractivity contribution in [3.8, 4) is 0 Å². The van der Waals surface area contributed by atoms with Crippen LogP contribution in [0.4, 0.5) is 5.95 Å². The predicted molar refractivity (Wildman–Crippen MR) is 204 cm³/mol. The monoisotopic (exact) mass is 893 g/mol. The lowest BCUT2D eigenvalue weighted by Gasteiger charge is -2.35. The molecule has 0 bridgehead atoms. The summed E-state index contributed by atoms with van der Waals surface area (Å²) in [5, 5.41) is 0. The van der Waals surface area contributed by atoms with Crippen LogP contribution in [0, 0.1) is 3.83 Å². The van der Waals surface area contributed by atoms with Gasteiger partial charge in [0, 0.05) is 45.8 Å². The number of nitrogen functional groups attached to an aromatic ring is 1. The van der Waals surface area contributed by atoms with E-state index >= 15 is 0 Å². The van der Waals surface area contributed by atoms with Gasteiger partial charge in [-0.25, -0.2) is 19.9 Å². The zero-order valence-electron chi connectivity index (χ0n) is 27.4. The molecule has 0 aliphatic heterocycles. The van der Waals surface area contributed by atoms with E-state index in [1.807, 2.05) is 6.20 Å². The van der Waals surface area contributed by atoms with Crippen LogP contribution in [0.25, 0.3) is 0 Å². The third-order valence-corrected chi connectivity index (χ3v) is 10.8. The molecule has 0 saturated heterocycles. The molecule has 0 saturated carbocycles. The maximum absolute atomic E-state index is 5.84. The number of nitrogens with zero attached hydrogens (tertiary/aromatic N) is 4. The van der Waals surface area contributed by atoms with E-state index in [9.17, 15) is 0 Å². The molecule has 2 N–H and O–H groups in total. The van der Waals surface area contributed by atoms with Gasteiger partial charge >= 0.3 is 0 Å². The second-order valence-corrected chi connectivity index (χ2v) is 12.9. The third kappa shape index (κ3) is 9.58. The van der Waals surface area contributed by atoms with E-state index in [4.69, 9.17) is 10.7 Å². The highest BCUT2D eigenvalue weighted by atomic mass is 127. The molecule has 2 heterocycles. The summed E-state index contributed by atoms with van der Waals surface area (Å²) >= 11 is 2.22. The van der Waals surface area contributed by atoms with E-state index in [0.29, 0.717) is 5.95 Å². The van der Waals surface area contributed by atoms with Crippen molar-refractivity contribution in [1.82, 2.24) is 19.9 Å². The average Bonchev–Trinajstić information content (AvgIpc) is 2.95. The van der Waals surface area contributed by atoms with E-state index < -0.39 is 0 Å². The van der Waals surface area contributed by atoms with Gasteiger partial charge in [0.25, 0.3) is 0 Å². The fraction of sp³-hybridized carbons (Fsp3) is 0.750. The lowest BCUT2D eigenvalue weighted by Crippen LogP contribution is -2.31. The summed E-state index contributed by atoms with van der Waals surface area (Å²) in [4.78, 5) is 18.2. The second kappa shape index (κ2) is 18.1. The Balaban J connectivity index is 0. The first-order valence-corrected chi connectivity index (χ1v) is 16.0. The van der Waals surface area contributed by atoms with Crippen LogP contribution in [-0.2, 0) is 21.7 Å². The lowest BCUT2D eigenvalue weighted by molar-refractivity contribution is 0.380. The second-order valence-electron chi connectivity index (χ2n) is 12.0. The molecule has 232 valence electrons. The van der Waals surface area contributed by atoms with Crippen molar-refractivity contribution in [1.29, 1.82) is 0 Å². The molecule has 0 radical (unpaired) electrons. The molecule has 0 unspecified atom stereocenters. The minimum Gasteiger partial charge on any atom is -0.368 e. The topological polar surface area (TPSA) is 77.6 Å². The van der Waals surface area contributed by atoms with Crippen LogP contribution in [0.2, 0.25) is 0 Å². The summed E-state index contributed by atoms with van der Waals surface area (Å²) in [6.07, 6.45) is 12.8. The molecule has 0 fully saturated rings. The lowest BCUT2D eigenvalue weighted by atomic mass is 9.71. The highest BCUT2D eigenvalue weighted by Crippen LogP contribution is 2.41. The zero-order chi connectivity index (χ0) is 29.4. The Morgan fingerprint density at radius 1 is 0.550 bits per heavy atom. The summed E-state index contributed by atoms with van der Waals surface area (Å²) in [7, 11) is 0. The van der Waals surface area contributed by atoms with E-state index in [0.717, 1.165) is 60.9 Å². The quantitative estimate of drug-likeness (QED) is 0.170. The number of hydrogen-bond acceptors (Lipinski definition) is 5. The maximum atomic E-state index is 5.84. The van der Waals surface area contributed by atoms with E-state index in [1.54, 1.807) is 0 Å². The summed E-state index contributed by atoms with van der Waals surface area (Å²) < 4.78 is 0.860. The molecule has 2 aromatic heterocycles. The molecule has 0 aromatic carbocycles. The molecular weight excluding hydrogens is 835 g/mol. The molecule has 40 heavy (non-hydrogen) atoms. The van der Waals surface area contributed by atoms with Gasteiger partial charge < -0.3 is 5.73 Å². The van der Waals surface area contributed by atoms with Crippen LogP contribution in [-0.4, -0.2) is 19.9 Å². The van der Waals surface area contributed by atoms with Crippen molar-refractivity contribution in [3.05, 3.63) is 38.7 Å². The van der Waals surface area contributed by atoms with Crippen molar-refractivity contribution < 1.29 is 0 Å². The highest BCUT2D eigenvalue weighted by Gasteiger charge is 2.35. The number of halogens is 3. The van der Waals surface area contributed by atoms with Gasteiger partial charge in [-0.3, -0.25) is 0 Å². The Morgan fingerprint density at radius 2 is 0.850 bits per heavy atom. The predicted octanol–water partition coefficient (Wildman–Crippen LogP) is 10.7. The van der Waals surface area contributed by atoms with Gasteiger partial charge in [-0.05, 0) is 73.3 Å². The zero-order valence-corrected chi connectivity index (χ0v) is 34.2. The Morgan fingerprint density at radius 3 is 1.18 bits per heavy atom. The molecular formula is C32H58I3N5. The van der Waals surface area contributed by atoms with Gasteiger partial charge in [-0.2, -0.15) is 0 Å². The number of anilines is 1. The van der Waals surface area contributed by atoms with Crippen LogP contribution < -0.4 is 5.73 Å². The molecule has 0 aliphatic carbocycles. The number of nitrogens with two attached hydrogens (primary N) is 1. The first-order chi connectivity index (χ1) is 17.7. The Labute approximate surface area is 294 Å². The molecule has 8 heteroatoms. The van der Waals surface area contributed by atoms with Gasteiger partial charge in [0.15, 0.2) is 3.83 Å². The summed E-state index contributed by atoms with van der Waals surface area (Å²) in [6, 6.07) is 0. The van der Waals surface area contributed by atoms with Gasteiger partial charge in [-0.15, -0.1) is 48.0 Å². The van der Waals surface area contributed by atoms with Crippen LogP contribution in [0.3, 0.4) is 0 Å². The molecule has 0 aliphatic rings. The molecule has 0 atom stereocenters. The van der Waals surface area contributed by atoms with E-state index in [-0.39, 0.29) is 69.6 Å². The first-order valence-electron chi connectivity index (χ1n) is 14.9. The van der Waals surface area contributed by atoms with Gasteiger partial charge in [-0.1, -0.05) is 83.1 Å². The van der Waals surface area contributed by atoms with Crippen molar-refractivity contribution in [3.63, 3.8) is 0 Å². The van der Waals surface area contributed by atoms with Crippen molar-refractivity contribution in [2.75, 3.05) is 5.73 Å².